The summed E-state index contributed by atoms with van der Waals surface area (Å²) in [6.07, 6.45) is 4.62. The number of benzene rings is 1. The molecule has 0 bridgehead atoms. The van der Waals surface area contributed by atoms with E-state index in [-0.39, 0.29) is 29.6 Å². The van der Waals surface area contributed by atoms with Crippen molar-refractivity contribution < 1.29 is 18.0 Å². The first-order valence-corrected chi connectivity index (χ1v) is 10.4. The topological polar surface area (TPSA) is 35.6 Å². The highest BCUT2D eigenvalue weighted by molar-refractivity contribution is 5.94. The van der Waals surface area contributed by atoms with Crippen molar-refractivity contribution in [2.24, 2.45) is 11.8 Å². The van der Waals surface area contributed by atoms with Crippen molar-refractivity contribution in [2.75, 3.05) is 38.5 Å². The normalized spacial score (nSPS) is 23.0. The van der Waals surface area contributed by atoms with Crippen LogP contribution in [0.5, 0.6) is 0 Å². The number of anilines is 1. The predicted molar refractivity (Wildman–Crippen MR) is 116 cm³/mol. The summed E-state index contributed by atoms with van der Waals surface area (Å²) in [4.78, 5) is 17.0. The number of nitrogens with zero attached hydrogens (tertiary/aromatic N) is 2. The number of alkyl halides is 3. The third-order valence-corrected chi connectivity index (χ3v) is 5.98. The maximum atomic E-state index is 13.8. The summed E-state index contributed by atoms with van der Waals surface area (Å²) in [5, 5.41) is 2.65. The van der Waals surface area contributed by atoms with Crippen LogP contribution in [-0.4, -0.2) is 48.9 Å². The Hall–Kier alpha value is -2.56. The van der Waals surface area contributed by atoms with E-state index in [1.54, 1.807) is 12.1 Å². The molecule has 1 heterocycles. The van der Waals surface area contributed by atoms with E-state index in [1.807, 2.05) is 31.9 Å². The third kappa shape index (κ3) is 5.57. The Morgan fingerprint density at radius 3 is 2.52 bits per heavy atom. The molecule has 31 heavy (non-hydrogen) atoms. The molecular formula is C24H28F3N3O. The first-order chi connectivity index (χ1) is 14.6. The predicted octanol–water partition coefficient (Wildman–Crippen LogP) is 4.16. The molecule has 1 aliphatic heterocycles. The second kappa shape index (κ2) is 9.29. The highest BCUT2D eigenvalue weighted by Gasteiger charge is 2.34. The number of rotatable bonds is 4. The number of hydrogen-bond donors (Lipinski definition) is 1. The number of amides is 1. The van der Waals surface area contributed by atoms with Crippen LogP contribution in [0, 0.1) is 24.2 Å². The van der Waals surface area contributed by atoms with E-state index in [0.717, 1.165) is 37.8 Å². The summed E-state index contributed by atoms with van der Waals surface area (Å²) in [5.41, 5.74) is 1.20. The van der Waals surface area contributed by atoms with Gasteiger partial charge in [-0.25, -0.2) is 0 Å². The van der Waals surface area contributed by atoms with Gasteiger partial charge in [-0.05, 0) is 43.2 Å². The summed E-state index contributed by atoms with van der Waals surface area (Å²) >= 11 is 0. The molecule has 7 heteroatoms. The van der Waals surface area contributed by atoms with E-state index in [9.17, 15) is 18.0 Å². The largest absolute Gasteiger partial charge is 0.416 e. The fourth-order valence-electron chi connectivity index (χ4n) is 4.06. The lowest BCUT2D eigenvalue weighted by molar-refractivity contribution is -0.138. The van der Waals surface area contributed by atoms with Gasteiger partial charge in [0.2, 0.25) is 5.91 Å². The van der Waals surface area contributed by atoms with Gasteiger partial charge in [-0.2, -0.15) is 13.2 Å². The van der Waals surface area contributed by atoms with Gasteiger partial charge in [0.15, 0.2) is 0 Å². The number of halogens is 3. The van der Waals surface area contributed by atoms with Crippen molar-refractivity contribution >= 4 is 11.6 Å². The molecule has 2 unspecified atom stereocenters. The van der Waals surface area contributed by atoms with Crippen LogP contribution >= 0.6 is 0 Å². The number of hydrogen-bond acceptors (Lipinski definition) is 3. The zero-order chi connectivity index (χ0) is 22.8. The molecule has 0 aromatic heterocycles. The van der Waals surface area contributed by atoms with Crippen molar-refractivity contribution in [1.82, 2.24) is 9.80 Å². The average molecular weight is 432 g/mol. The van der Waals surface area contributed by atoms with Crippen molar-refractivity contribution in [3.63, 3.8) is 0 Å². The van der Waals surface area contributed by atoms with E-state index in [2.05, 4.69) is 16.1 Å². The maximum absolute atomic E-state index is 13.8. The van der Waals surface area contributed by atoms with Crippen LogP contribution in [0.1, 0.15) is 25.0 Å². The van der Waals surface area contributed by atoms with E-state index in [1.165, 1.54) is 6.07 Å². The summed E-state index contributed by atoms with van der Waals surface area (Å²) < 4.78 is 41.3. The quantitative estimate of drug-likeness (QED) is 0.727. The van der Waals surface area contributed by atoms with Crippen LogP contribution in [0.25, 0.3) is 0 Å². The van der Waals surface area contributed by atoms with Gasteiger partial charge in [0.1, 0.15) is 0 Å². The van der Waals surface area contributed by atoms with E-state index in [4.69, 9.17) is 6.42 Å². The molecule has 1 aliphatic carbocycles. The minimum Gasteiger partial charge on any atom is -0.326 e. The Bertz CT molecular complexity index is 934. The van der Waals surface area contributed by atoms with Gasteiger partial charge in [0.05, 0.1) is 11.5 Å². The molecule has 1 aromatic carbocycles. The molecule has 1 N–H and O–H groups in total. The van der Waals surface area contributed by atoms with E-state index < -0.39 is 17.7 Å². The van der Waals surface area contributed by atoms with Crippen molar-refractivity contribution in [1.29, 1.82) is 0 Å². The van der Waals surface area contributed by atoms with Gasteiger partial charge in [-0.1, -0.05) is 31.1 Å². The van der Waals surface area contributed by atoms with Crippen molar-refractivity contribution in [3.8, 4) is 12.3 Å². The van der Waals surface area contributed by atoms with Crippen molar-refractivity contribution in [2.45, 2.75) is 26.6 Å². The highest BCUT2D eigenvalue weighted by atomic mass is 19.4. The average Bonchev–Trinajstić information content (AvgIpc) is 2.70. The molecule has 1 aromatic rings. The maximum Gasteiger partial charge on any atom is 0.416 e. The first kappa shape index (κ1) is 23.1. The number of likely N-dealkylation sites (N-methyl/N-ethyl adjacent to an activating group) is 1. The lowest BCUT2D eigenvalue weighted by Gasteiger charge is -2.33. The van der Waals surface area contributed by atoms with Crippen LogP contribution in [0.4, 0.5) is 18.9 Å². The van der Waals surface area contributed by atoms with Gasteiger partial charge in [-0.15, -0.1) is 6.42 Å². The summed E-state index contributed by atoms with van der Waals surface area (Å²) in [6.45, 7) is 7.11. The molecule has 2 atom stereocenters. The molecule has 1 saturated heterocycles. The van der Waals surface area contributed by atoms with Gasteiger partial charge in [0, 0.05) is 44.0 Å². The summed E-state index contributed by atoms with van der Waals surface area (Å²) in [6, 6.07) is 4.04. The molecule has 4 nitrogen and oxygen atoms in total. The molecule has 0 spiro atoms. The Morgan fingerprint density at radius 2 is 1.90 bits per heavy atom. The Balaban J connectivity index is 1.79. The highest BCUT2D eigenvalue weighted by Crippen LogP contribution is 2.35. The minimum atomic E-state index is -4.50. The molecular weight excluding hydrogens is 403 g/mol. The Labute approximate surface area is 181 Å². The zero-order valence-corrected chi connectivity index (χ0v) is 18.1. The first-order valence-electron chi connectivity index (χ1n) is 10.4. The van der Waals surface area contributed by atoms with E-state index >= 15 is 0 Å². The number of nitrogens with one attached hydrogen (secondary N) is 1. The minimum absolute atomic E-state index is 0.101. The zero-order valence-electron chi connectivity index (χ0n) is 18.1. The molecule has 166 valence electrons. The second-order valence-corrected chi connectivity index (χ2v) is 8.40. The monoisotopic (exact) mass is 431 g/mol. The molecule has 1 fully saturated rings. The van der Waals surface area contributed by atoms with Gasteiger partial charge in [-0.3, -0.25) is 9.69 Å². The third-order valence-electron chi connectivity index (χ3n) is 5.98. The van der Waals surface area contributed by atoms with Crippen molar-refractivity contribution in [3.05, 3.63) is 52.6 Å². The van der Waals surface area contributed by atoms with Crippen LogP contribution in [0.15, 0.2) is 41.5 Å². The SMILES string of the molecule is C#CC1=CC(C(=O)Nc2ccc(CN3CCN(C)CC3)c(C(F)(F)F)c2)C(C)C=C1C. The summed E-state index contributed by atoms with van der Waals surface area (Å²) in [7, 11) is 2.00. The van der Waals surface area contributed by atoms with E-state index in [0.29, 0.717) is 5.57 Å². The number of allylic oxidation sites excluding steroid dienone is 3. The number of carbonyl (C=O) groups excluding carboxylic acids is 1. The van der Waals surface area contributed by atoms with Crippen LogP contribution in [0.3, 0.4) is 0 Å². The molecule has 1 amide bonds. The number of piperazine rings is 1. The van der Waals surface area contributed by atoms with Crippen LogP contribution in [0.2, 0.25) is 0 Å². The molecule has 0 saturated carbocycles. The van der Waals surface area contributed by atoms with Crippen LogP contribution in [-0.2, 0) is 17.5 Å². The fourth-order valence-corrected chi connectivity index (χ4v) is 4.06. The number of terminal acetylenes is 1. The standard InChI is InChI=1S/C24H28F3N3O/c1-5-18-13-21(17(3)12-16(18)2)23(31)28-20-7-6-19(22(14-20)24(25,26)27)15-30-10-8-29(4)9-11-30/h1,6-7,12-14,17,21H,8-11,15H2,2-4H3,(H,28,31). The lowest BCUT2D eigenvalue weighted by Crippen LogP contribution is -2.44. The van der Waals surface area contributed by atoms with Crippen LogP contribution < -0.4 is 5.32 Å². The number of carbonyl (C=O) groups is 1. The molecule has 3 rings (SSSR count). The Morgan fingerprint density at radius 1 is 1.23 bits per heavy atom. The van der Waals surface area contributed by atoms with Gasteiger partial charge in [0.25, 0.3) is 0 Å². The fraction of sp³-hybridized carbons (Fsp3) is 0.458. The second-order valence-electron chi connectivity index (χ2n) is 8.40. The smallest absolute Gasteiger partial charge is 0.326 e. The van der Waals surface area contributed by atoms with Gasteiger partial charge >= 0.3 is 6.18 Å². The summed E-state index contributed by atoms with van der Waals surface area (Å²) in [5.74, 6) is 1.55. The van der Waals surface area contributed by atoms with Gasteiger partial charge < -0.3 is 10.2 Å². The Kier molecular flexibility index (Phi) is 6.93. The lowest BCUT2D eigenvalue weighted by atomic mass is 9.83. The molecule has 0 radical (unpaired) electrons. The molecule has 2 aliphatic rings.